The van der Waals surface area contributed by atoms with Gasteiger partial charge in [0, 0.05) is 11.8 Å². The van der Waals surface area contributed by atoms with E-state index >= 15 is 0 Å². The van der Waals surface area contributed by atoms with E-state index in [4.69, 9.17) is 14.3 Å². The molecule has 0 fully saturated rings. The number of aromatic carboxylic acids is 1. The monoisotopic (exact) mass is 359 g/mol. The van der Waals surface area contributed by atoms with Crippen LogP contribution in [-0.2, 0) is 0 Å². The van der Waals surface area contributed by atoms with Crippen molar-refractivity contribution in [3.05, 3.63) is 78.5 Å². The Morgan fingerprint density at radius 2 is 1.63 bits per heavy atom. The van der Waals surface area contributed by atoms with Crippen LogP contribution in [0.4, 0.5) is 0 Å². The minimum atomic E-state index is -0.995. The Morgan fingerprint density at radius 1 is 0.889 bits per heavy atom. The summed E-state index contributed by atoms with van der Waals surface area (Å²) in [6.07, 6.45) is 1.61. The molecule has 2 heterocycles. The van der Waals surface area contributed by atoms with Crippen molar-refractivity contribution in [1.82, 2.24) is 15.2 Å². The maximum atomic E-state index is 11.0. The molecule has 4 aromatic rings. The molecule has 0 atom stereocenters. The van der Waals surface area contributed by atoms with Crippen LogP contribution in [0.1, 0.15) is 10.4 Å². The molecule has 7 heteroatoms. The van der Waals surface area contributed by atoms with Gasteiger partial charge in [-0.1, -0.05) is 18.2 Å². The lowest BCUT2D eigenvalue weighted by Gasteiger charge is -2.07. The van der Waals surface area contributed by atoms with E-state index in [1.165, 1.54) is 12.1 Å². The molecule has 132 valence electrons. The van der Waals surface area contributed by atoms with E-state index in [1.54, 1.807) is 30.5 Å². The first-order valence-electron chi connectivity index (χ1n) is 8.06. The lowest BCUT2D eigenvalue weighted by Crippen LogP contribution is -1.94. The standard InChI is InChI=1S/C20H13N3O4/c24-20(25)14-10-8-13(9-11-14)17-22-23-19(27-17)16-7-4-12-21-18(16)26-15-5-2-1-3-6-15/h1-12H,(H,24,25). The van der Waals surface area contributed by atoms with Crippen molar-refractivity contribution in [2.75, 3.05) is 0 Å². The molecule has 0 saturated heterocycles. The van der Waals surface area contributed by atoms with Crippen molar-refractivity contribution in [1.29, 1.82) is 0 Å². The molecule has 0 aliphatic carbocycles. The van der Waals surface area contributed by atoms with Gasteiger partial charge in [-0.2, -0.15) is 0 Å². The van der Waals surface area contributed by atoms with Gasteiger partial charge in [0.2, 0.25) is 11.8 Å². The van der Waals surface area contributed by atoms with E-state index in [2.05, 4.69) is 15.2 Å². The number of carboxylic acid groups (broad SMARTS) is 1. The number of pyridine rings is 1. The Hall–Kier alpha value is -4.00. The van der Waals surface area contributed by atoms with Crippen LogP contribution in [-0.4, -0.2) is 26.3 Å². The second-order valence-corrected chi connectivity index (χ2v) is 5.57. The third-order valence-electron chi connectivity index (χ3n) is 3.76. The maximum Gasteiger partial charge on any atom is 0.335 e. The van der Waals surface area contributed by atoms with E-state index in [0.29, 0.717) is 22.8 Å². The van der Waals surface area contributed by atoms with Crippen molar-refractivity contribution in [2.45, 2.75) is 0 Å². The number of hydrogen-bond donors (Lipinski definition) is 1. The van der Waals surface area contributed by atoms with Gasteiger partial charge in [-0.25, -0.2) is 9.78 Å². The van der Waals surface area contributed by atoms with E-state index in [0.717, 1.165) is 0 Å². The molecule has 2 aromatic carbocycles. The number of nitrogens with zero attached hydrogens (tertiary/aromatic N) is 3. The fraction of sp³-hybridized carbons (Fsp3) is 0. The first-order valence-corrected chi connectivity index (χ1v) is 8.06. The second-order valence-electron chi connectivity index (χ2n) is 5.57. The van der Waals surface area contributed by atoms with Crippen LogP contribution in [0.3, 0.4) is 0 Å². The number of ether oxygens (including phenoxy) is 1. The molecular weight excluding hydrogens is 346 g/mol. The number of para-hydroxylation sites is 1. The van der Waals surface area contributed by atoms with Gasteiger partial charge in [0.15, 0.2) is 0 Å². The summed E-state index contributed by atoms with van der Waals surface area (Å²) >= 11 is 0. The predicted molar refractivity (Wildman–Crippen MR) is 96.4 cm³/mol. The summed E-state index contributed by atoms with van der Waals surface area (Å²) in [5.41, 5.74) is 1.36. The van der Waals surface area contributed by atoms with Crippen molar-refractivity contribution in [3.8, 4) is 34.5 Å². The summed E-state index contributed by atoms with van der Waals surface area (Å²) in [5.74, 6) is 0.523. The molecule has 0 bridgehead atoms. The first-order chi connectivity index (χ1) is 13.2. The minimum Gasteiger partial charge on any atom is -0.478 e. The molecule has 0 unspecified atom stereocenters. The Bertz CT molecular complexity index is 1080. The summed E-state index contributed by atoms with van der Waals surface area (Å²) in [4.78, 5) is 15.2. The van der Waals surface area contributed by atoms with Gasteiger partial charge in [0.1, 0.15) is 11.3 Å². The molecule has 0 saturated carbocycles. The number of benzene rings is 2. The molecule has 0 aliphatic heterocycles. The molecule has 27 heavy (non-hydrogen) atoms. The molecule has 0 spiro atoms. The maximum absolute atomic E-state index is 11.0. The largest absolute Gasteiger partial charge is 0.478 e. The predicted octanol–water partition coefficient (Wildman–Crippen LogP) is 4.29. The molecule has 7 nitrogen and oxygen atoms in total. The number of hydrogen-bond acceptors (Lipinski definition) is 6. The lowest BCUT2D eigenvalue weighted by atomic mass is 10.1. The van der Waals surface area contributed by atoms with E-state index in [1.807, 2.05) is 30.3 Å². The molecule has 2 aromatic heterocycles. The number of rotatable bonds is 5. The number of aromatic nitrogens is 3. The normalized spacial score (nSPS) is 10.5. The van der Waals surface area contributed by atoms with Crippen LogP contribution < -0.4 is 4.74 Å². The molecule has 0 aliphatic rings. The van der Waals surface area contributed by atoms with Crippen LogP contribution in [0.5, 0.6) is 11.6 Å². The zero-order valence-electron chi connectivity index (χ0n) is 13.9. The van der Waals surface area contributed by atoms with Crippen molar-refractivity contribution in [2.24, 2.45) is 0 Å². The highest BCUT2D eigenvalue weighted by Gasteiger charge is 2.16. The fourth-order valence-corrected chi connectivity index (χ4v) is 2.44. The van der Waals surface area contributed by atoms with E-state index in [9.17, 15) is 4.79 Å². The molecule has 4 rings (SSSR count). The topological polar surface area (TPSA) is 98.3 Å². The Kier molecular flexibility index (Phi) is 4.32. The van der Waals surface area contributed by atoms with Crippen molar-refractivity contribution < 1.29 is 19.1 Å². The molecule has 0 radical (unpaired) electrons. The van der Waals surface area contributed by atoms with Gasteiger partial charge in [-0.05, 0) is 48.5 Å². The van der Waals surface area contributed by atoms with E-state index < -0.39 is 5.97 Å². The Labute approximate surface area is 153 Å². The lowest BCUT2D eigenvalue weighted by molar-refractivity contribution is 0.0697. The fourth-order valence-electron chi connectivity index (χ4n) is 2.44. The van der Waals surface area contributed by atoms with Gasteiger partial charge in [-0.15, -0.1) is 10.2 Å². The quantitative estimate of drug-likeness (QED) is 0.567. The number of carbonyl (C=O) groups is 1. The summed E-state index contributed by atoms with van der Waals surface area (Å²) in [7, 11) is 0. The third kappa shape index (κ3) is 3.52. The van der Waals surface area contributed by atoms with Crippen molar-refractivity contribution >= 4 is 5.97 Å². The smallest absolute Gasteiger partial charge is 0.335 e. The summed E-state index contributed by atoms with van der Waals surface area (Å²) in [6, 6.07) is 19.0. The highest BCUT2D eigenvalue weighted by molar-refractivity contribution is 5.88. The molecular formula is C20H13N3O4. The zero-order chi connectivity index (χ0) is 18.6. The molecule has 1 N–H and O–H groups in total. The van der Waals surface area contributed by atoms with Crippen molar-refractivity contribution in [3.63, 3.8) is 0 Å². The molecule has 0 amide bonds. The van der Waals surface area contributed by atoms with Crippen LogP contribution in [0.15, 0.2) is 77.3 Å². The Balaban J connectivity index is 1.64. The first kappa shape index (κ1) is 16.5. The van der Waals surface area contributed by atoms with Crippen LogP contribution in [0.2, 0.25) is 0 Å². The van der Waals surface area contributed by atoms with Crippen LogP contribution in [0.25, 0.3) is 22.9 Å². The summed E-state index contributed by atoms with van der Waals surface area (Å²) in [6.45, 7) is 0. The SMILES string of the molecule is O=C(O)c1ccc(-c2nnc(-c3cccnc3Oc3ccccc3)o2)cc1. The van der Waals surface area contributed by atoms with Crippen LogP contribution in [0, 0.1) is 0 Å². The average Bonchev–Trinajstić information content (AvgIpc) is 3.19. The van der Waals surface area contributed by atoms with Gasteiger partial charge >= 0.3 is 5.97 Å². The summed E-state index contributed by atoms with van der Waals surface area (Å²) < 4.78 is 11.6. The average molecular weight is 359 g/mol. The van der Waals surface area contributed by atoms with E-state index in [-0.39, 0.29) is 17.3 Å². The highest BCUT2D eigenvalue weighted by atomic mass is 16.5. The van der Waals surface area contributed by atoms with Gasteiger partial charge < -0.3 is 14.3 Å². The second kappa shape index (κ2) is 7.09. The highest BCUT2D eigenvalue weighted by Crippen LogP contribution is 2.32. The zero-order valence-corrected chi connectivity index (χ0v) is 13.9. The van der Waals surface area contributed by atoms with Gasteiger partial charge in [0.25, 0.3) is 5.89 Å². The Morgan fingerprint density at radius 3 is 2.37 bits per heavy atom. The third-order valence-corrected chi connectivity index (χ3v) is 3.76. The van der Waals surface area contributed by atoms with Gasteiger partial charge in [0.05, 0.1) is 5.56 Å². The summed E-state index contributed by atoms with van der Waals surface area (Å²) in [5, 5.41) is 17.1. The number of carboxylic acids is 1. The minimum absolute atomic E-state index is 0.185. The van der Waals surface area contributed by atoms with Gasteiger partial charge in [-0.3, -0.25) is 0 Å². The van der Waals surface area contributed by atoms with Crippen LogP contribution >= 0.6 is 0 Å².